The molecule has 0 heterocycles. The maximum Gasteiger partial charge on any atom is 0.127 e. The van der Waals surface area contributed by atoms with Crippen molar-refractivity contribution >= 4 is 0 Å². The van der Waals surface area contributed by atoms with E-state index in [9.17, 15) is 4.39 Å². The lowest BCUT2D eigenvalue weighted by Crippen LogP contribution is -2.30. The zero-order valence-electron chi connectivity index (χ0n) is 9.63. The summed E-state index contributed by atoms with van der Waals surface area (Å²) in [6.45, 7) is 2.37. The molecule has 2 rings (SSSR count). The second-order valence-corrected chi connectivity index (χ2v) is 4.43. The van der Waals surface area contributed by atoms with E-state index in [4.69, 9.17) is 4.74 Å². The molecule has 1 saturated carbocycles. The van der Waals surface area contributed by atoms with E-state index in [2.05, 4.69) is 5.32 Å². The van der Waals surface area contributed by atoms with E-state index in [1.165, 1.54) is 0 Å². The molecule has 0 saturated heterocycles. The Morgan fingerprint density at radius 3 is 2.75 bits per heavy atom. The first-order valence-electron chi connectivity index (χ1n) is 5.73. The predicted molar refractivity (Wildman–Crippen MR) is 62.1 cm³/mol. The van der Waals surface area contributed by atoms with Gasteiger partial charge < -0.3 is 10.1 Å². The fourth-order valence-electron chi connectivity index (χ4n) is 2.09. The van der Waals surface area contributed by atoms with E-state index < -0.39 is 0 Å². The normalized spacial score (nSPS) is 17.4. The third kappa shape index (κ3) is 2.42. The second kappa shape index (κ2) is 4.93. The van der Waals surface area contributed by atoms with Crippen LogP contribution in [-0.4, -0.2) is 26.8 Å². The topological polar surface area (TPSA) is 21.3 Å². The first-order valence-corrected chi connectivity index (χ1v) is 5.73. The van der Waals surface area contributed by atoms with Crippen LogP contribution in [0.15, 0.2) is 24.3 Å². The average Bonchev–Trinajstić information content (AvgIpc) is 3.06. The van der Waals surface area contributed by atoms with Gasteiger partial charge in [-0.05, 0) is 24.5 Å². The predicted octanol–water partition coefficient (Wildman–Crippen LogP) is 2.09. The van der Waals surface area contributed by atoms with Crippen molar-refractivity contribution in [1.82, 2.24) is 5.32 Å². The van der Waals surface area contributed by atoms with Crippen LogP contribution in [0.1, 0.15) is 18.4 Å². The van der Waals surface area contributed by atoms with Gasteiger partial charge in [-0.25, -0.2) is 4.39 Å². The van der Waals surface area contributed by atoms with Crippen LogP contribution >= 0.6 is 0 Å². The Balaban J connectivity index is 1.95. The molecule has 3 heteroatoms. The molecular weight excluding hydrogens is 205 g/mol. The summed E-state index contributed by atoms with van der Waals surface area (Å²) in [6, 6.07) is 7.10. The van der Waals surface area contributed by atoms with Crippen LogP contribution in [0.2, 0.25) is 0 Å². The highest BCUT2D eigenvalue weighted by atomic mass is 19.1. The SMILES string of the molecule is COCCNCC1(c2ccccc2F)CC1. The summed E-state index contributed by atoms with van der Waals surface area (Å²) < 4.78 is 18.6. The summed E-state index contributed by atoms with van der Waals surface area (Å²) >= 11 is 0. The molecule has 1 aromatic carbocycles. The quantitative estimate of drug-likeness (QED) is 0.746. The molecule has 0 aliphatic heterocycles. The van der Waals surface area contributed by atoms with Gasteiger partial charge in [-0.2, -0.15) is 0 Å². The van der Waals surface area contributed by atoms with Crippen molar-refractivity contribution in [3.8, 4) is 0 Å². The number of hydrogen-bond acceptors (Lipinski definition) is 2. The molecule has 1 fully saturated rings. The number of methoxy groups -OCH3 is 1. The molecule has 0 unspecified atom stereocenters. The highest BCUT2D eigenvalue weighted by Gasteiger charge is 2.45. The molecule has 88 valence electrons. The molecule has 0 radical (unpaired) electrons. The lowest BCUT2D eigenvalue weighted by atomic mass is 9.95. The van der Waals surface area contributed by atoms with Crippen molar-refractivity contribution in [2.24, 2.45) is 0 Å². The van der Waals surface area contributed by atoms with Gasteiger partial charge in [0.2, 0.25) is 0 Å². The molecule has 16 heavy (non-hydrogen) atoms. The third-order valence-corrected chi connectivity index (χ3v) is 3.25. The summed E-state index contributed by atoms with van der Waals surface area (Å²) in [7, 11) is 1.69. The van der Waals surface area contributed by atoms with Gasteiger partial charge in [-0.15, -0.1) is 0 Å². The van der Waals surface area contributed by atoms with Crippen LogP contribution in [0.3, 0.4) is 0 Å². The molecule has 0 atom stereocenters. The molecule has 1 N–H and O–H groups in total. The van der Waals surface area contributed by atoms with E-state index in [1.54, 1.807) is 19.2 Å². The zero-order chi connectivity index (χ0) is 11.4. The molecule has 0 amide bonds. The van der Waals surface area contributed by atoms with Gasteiger partial charge in [0.25, 0.3) is 0 Å². The first kappa shape index (κ1) is 11.6. The molecule has 1 aliphatic rings. The Kier molecular flexibility index (Phi) is 3.56. The van der Waals surface area contributed by atoms with Gasteiger partial charge >= 0.3 is 0 Å². The first-order chi connectivity index (χ1) is 7.78. The van der Waals surface area contributed by atoms with Crippen LogP contribution in [0.25, 0.3) is 0 Å². The lowest BCUT2D eigenvalue weighted by Gasteiger charge is -2.17. The number of rotatable bonds is 6. The van der Waals surface area contributed by atoms with Crippen LogP contribution in [-0.2, 0) is 10.2 Å². The van der Waals surface area contributed by atoms with Crippen molar-refractivity contribution in [3.05, 3.63) is 35.6 Å². The van der Waals surface area contributed by atoms with E-state index in [1.807, 2.05) is 12.1 Å². The molecule has 0 aromatic heterocycles. The van der Waals surface area contributed by atoms with Crippen molar-refractivity contribution in [1.29, 1.82) is 0 Å². The third-order valence-electron chi connectivity index (χ3n) is 3.25. The summed E-state index contributed by atoms with van der Waals surface area (Å²) in [6.07, 6.45) is 2.15. The van der Waals surface area contributed by atoms with Crippen molar-refractivity contribution in [3.63, 3.8) is 0 Å². The number of ether oxygens (including phenoxy) is 1. The van der Waals surface area contributed by atoms with Crippen molar-refractivity contribution in [2.45, 2.75) is 18.3 Å². The summed E-state index contributed by atoms with van der Waals surface area (Å²) in [5, 5.41) is 3.32. The van der Waals surface area contributed by atoms with Gasteiger partial charge in [0.05, 0.1) is 6.61 Å². The van der Waals surface area contributed by atoms with E-state index in [0.29, 0.717) is 6.61 Å². The maximum absolute atomic E-state index is 13.6. The standard InChI is InChI=1S/C13H18FNO/c1-16-9-8-15-10-13(6-7-13)11-4-2-3-5-12(11)14/h2-5,15H,6-10H2,1H3. The minimum Gasteiger partial charge on any atom is -0.383 e. The molecule has 1 aromatic rings. The van der Waals surface area contributed by atoms with Crippen molar-refractivity contribution < 1.29 is 9.13 Å². The Hall–Kier alpha value is -0.930. The van der Waals surface area contributed by atoms with Gasteiger partial charge in [-0.1, -0.05) is 18.2 Å². The van der Waals surface area contributed by atoms with Crippen LogP contribution in [0.5, 0.6) is 0 Å². The molecule has 2 nitrogen and oxygen atoms in total. The smallest absolute Gasteiger partial charge is 0.127 e. The molecule has 0 spiro atoms. The number of benzene rings is 1. The average molecular weight is 223 g/mol. The van der Waals surface area contributed by atoms with E-state index in [0.717, 1.165) is 31.5 Å². The largest absolute Gasteiger partial charge is 0.383 e. The Morgan fingerprint density at radius 1 is 1.38 bits per heavy atom. The van der Waals surface area contributed by atoms with Crippen LogP contribution in [0.4, 0.5) is 4.39 Å². The minimum absolute atomic E-state index is 0.0408. The van der Waals surface area contributed by atoms with Gasteiger partial charge in [-0.3, -0.25) is 0 Å². The Morgan fingerprint density at radius 2 is 2.12 bits per heavy atom. The monoisotopic (exact) mass is 223 g/mol. The molecular formula is C13H18FNO. The van der Waals surface area contributed by atoms with Crippen LogP contribution < -0.4 is 5.32 Å². The van der Waals surface area contributed by atoms with Gasteiger partial charge in [0.1, 0.15) is 5.82 Å². The second-order valence-electron chi connectivity index (χ2n) is 4.43. The Bertz CT molecular complexity index is 350. The number of nitrogens with one attached hydrogen (secondary N) is 1. The maximum atomic E-state index is 13.6. The minimum atomic E-state index is -0.0754. The van der Waals surface area contributed by atoms with Crippen LogP contribution in [0, 0.1) is 5.82 Å². The summed E-state index contributed by atoms with van der Waals surface area (Å²) in [4.78, 5) is 0. The fraction of sp³-hybridized carbons (Fsp3) is 0.538. The van der Waals surface area contributed by atoms with Gasteiger partial charge in [0, 0.05) is 25.6 Å². The fourth-order valence-corrected chi connectivity index (χ4v) is 2.09. The van der Waals surface area contributed by atoms with Crippen molar-refractivity contribution in [2.75, 3.05) is 26.8 Å². The highest BCUT2D eigenvalue weighted by molar-refractivity contribution is 5.33. The number of halogens is 1. The summed E-state index contributed by atoms with van der Waals surface area (Å²) in [5.41, 5.74) is 0.902. The molecule has 1 aliphatic carbocycles. The van der Waals surface area contributed by atoms with E-state index >= 15 is 0 Å². The Labute approximate surface area is 95.8 Å². The van der Waals surface area contributed by atoms with Gasteiger partial charge in [0.15, 0.2) is 0 Å². The highest BCUT2D eigenvalue weighted by Crippen LogP contribution is 2.48. The zero-order valence-corrected chi connectivity index (χ0v) is 9.63. The lowest BCUT2D eigenvalue weighted by molar-refractivity contribution is 0.198. The molecule has 0 bridgehead atoms. The summed E-state index contributed by atoms with van der Waals surface area (Å²) in [5.74, 6) is -0.0754. The van der Waals surface area contributed by atoms with E-state index in [-0.39, 0.29) is 11.2 Å². The number of hydrogen-bond donors (Lipinski definition) is 1.